The van der Waals surface area contributed by atoms with Crippen molar-refractivity contribution in [1.82, 2.24) is 4.98 Å². The summed E-state index contributed by atoms with van der Waals surface area (Å²) in [5.74, 6) is 1.18. The van der Waals surface area contributed by atoms with Gasteiger partial charge in [-0.1, -0.05) is 19.1 Å². The van der Waals surface area contributed by atoms with Crippen molar-refractivity contribution < 1.29 is 9.21 Å². The van der Waals surface area contributed by atoms with Crippen molar-refractivity contribution in [3.63, 3.8) is 0 Å². The summed E-state index contributed by atoms with van der Waals surface area (Å²) in [7, 11) is 0. The molecule has 0 radical (unpaired) electrons. The Morgan fingerprint density at radius 1 is 1.43 bits per heavy atom. The van der Waals surface area contributed by atoms with Crippen molar-refractivity contribution >= 4 is 11.6 Å². The largest absolute Gasteiger partial charge is 0.444 e. The van der Waals surface area contributed by atoms with Crippen molar-refractivity contribution in [2.75, 3.05) is 11.9 Å². The topological polar surface area (TPSA) is 81.2 Å². The molecule has 2 aromatic rings. The lowest BCUT2D eigenvalue weighted by molar-refractivity contribution is -0.116. The Morgan fingerprint density at radius 2 is 2.29 bits per heavy atom. The molecule has 1 unspecified atom stereocenters. The number of amides is 1. The fourth-order valence-corrected chi connectivity index (χ4v) is 2.14. The quantitative estimate of drug-likeness (QED) is 0.820. The molecule has 0 saturated carbocycles. The number of nitrogens with two attached hydrogens (primary N) is 1. The zero-order valence-electron chi connectivity index (χ0n) is 12.2. The van der Waals surface area contributed by atoms with E-state index in [-0.39, 0.29) is 5.91 Å². The number of anilines is 1. The summed E-state index contributed by atoms with van der Waals surface area (Å²) in [6.45, 7) is 2.78. The lowest BCUT2D eigenvalue weighted by atomic mass is 10.0. The average Bonchev–Trinajstić information content (AvgIpc) is 3.00. The fraction of sp³-hybridized carbons (Fsp3) is 0.375. The van der Waals surface area contributed by atoms with Crippen molar-refractivity contribution in [1.29, 1.82) is 0 Å². The maximum atomic E-state index is 11.9. The van der Waals surface area contributed by atoms with Crippen molar-refractivity contribution in [3.8, 4) is 11.3 Å². The number of hydrogen-bond acceptors (Lipinski definition) is 4. The second-order valence-electron chi connectivity index (χ2n) is 5.22. The first-order valence-corrected chi connectivity index (χ1v) is 7.18. The van der Waals surface area contributed by atoms with Crippen LogP contribution in [0, 0.1) is 5.92 Å². The molecular weight excluding hydrogens is 266 g/mol. The van der Waals surface area contributed by atoms with Crippen molar-refractivity contribution in [3.05, 3.63) is 36.9 Å². The van der Waals surface area contributed by atoms with Gasteiger partial charge in [0.15, 0.2) is 12.2 Å². The second kappa shape index (κ2) is 7.59. The van der Waals surface area contributed by atoms with E-state index in [0.717, 1.165) is 24.1 Å². The van der Waals surface area contributed by atoms with Gasteiger partial charge in [-0.25, -0.2) is 4.98 Å². The molecule has 5 nitrogen and oxygen atoms in total. The van der Waals surface area contributed by atoms with Crippen LogP contribution in [0.1, 0.15) is 26.2 Å². The summed E-state index contributed by atoms with van der Waals surface area (Å²) >= 11 is 0. The Bertz CT molecular complexity index is 567. The summed E-state index contributed by atoms with van der Waals surface area (Å²) < 4.78 is 5.25. The highest BCUT2D eigenvalue weighted by molar-refractivity contribution is 5.91. The van der Waals surface area contributed by atoms with Crippen LogP contribution in [0.5, 0.6) is 0 Å². The Balaban J connectivity index is 1.91. The van der Waals surface area contributed by atoms with Gasteiger partial charge in [-0.2, -0.15) is 0 Å². The number of oxazole rings is 1. The first-order valence-electron chi connectivity index (χ1n) is 7.18. The normalized spacial score (nSPS) is 12.1. The Kier molecular flexibility index (Phi) is 5.51. The highest BCUT2D eigenvalue weighted by Crippen LogP contribution is 2.22. The minimum absolute atomic E-state index is 0.0218. The predicted molar refractivity (Wildman–Crippen MR) is 82.6 cm³/mol. The Hall–Kier alpha value is -2.14. The molecule has 1 heterocycles. The number of nitrogens with zero attached hydrogens (tertiary/aromatic N) is 1. The van der Waals surface area contributed by atoms with Gasteiger partial charge in [0, 0.05) is 17.7 Å². The van der Waals surface area contributed by atoms with Gasteiger partial charge in [0.25, 0.3) is 0 Å². The smallest absolute Gasteiger partial charge is 0.224 e. The molecule has 0 fully saturated rings. The van der Waals surface area contributed by atoms with Crippen LogP contribution < -0.4 is 11.1 Å². The van der Waals surface area contributed by atoms with Gasteiger partial charge in [-0.05, 0) is 37.4 Å². The number of carbonyl (C=O) groups is 1. The number of carbonyl (C=O) groups excluding carboxylic acids is 1. The monoisotopic (exact) mass is 287 g/mol. The molecule has 0 spiro atoms. The number of benzene rings is 1. The van der Waals surface area contributed by atoms with E-state index < -0.39 is 0 Å². The standard InChI is InChI=1S/C16H21N3O2/c1-12(7-8-17)5-6-16(20)19-14-4-2-3-13(9-14)15-10-18-11-21-15/h2-4,9-12H,5-8,17H2,1H3,(H,19,20). The Labute approximate surface area is 124 Å². The van der Waals surface area contributed by atoms with Gasteiger partial charge in [0.2, 0.25) is 5.91 Å². The van der Waals surface area contributed by atoms with Gasteiger partial charge < -0.3 is 15.5 Å². The van der Waals surface area contributed by atoms with E-state index in [4.69, 9.17) is 10.2 Å². The number of aromatic nitrogens is 1. The molecule has 3 N–H and O–H groups in total. The first kappa shape index (κ1) is 15.3. The van der Waals surface area contributed by atoms with Crippen LogP contribution in [-0.2, 0) is 4.79 Å². The van der Waals surface area contributed by atoms with Gasteiger partial charge in [-0.3, -0.25) is 4.79 Å². The molecule has 21 heavy (non-hydrogen) atoms. The maximum absolute atomic E-state index is 11.9. The lowest BCUT2D eigenvalue weighted by Crippen LogP contribution is -2.14. The first-order chi connectivity index (χ1) is 10.2. The summed E-state index contributed by atoms with van der Waals surface area (Å²) in [6.07, 6.45) is 5.35. The molecule has 2 rings (SSSR count). The molecule has 1 aromatic heterocycles. The van der Waals surface area contributed by atoms with Crippen LogP contribution in [0.3, 0.4) is 0 Å². The third-order valence-corrected chi connectivity index (χ3v) is 3.39. The molecule has 112 valence electrons. The SMILES string of the molecule is CC(CCN)CCC(=O)Nc1cccc(-c2cnco2)c1. The zero-order valence-corrected chi connectivity index (χ0v) is 12.2. The highest BCUT2D eigenvalue weighted by atomic mass is 16.3. The third-order valence-electron chi connectivity index (χ3n) is 3.39. The molecule has 1 aromatic carbocycles. The molecule has 0 bridgehead atoms. The molecule has 5 heteroatoms. The Morgan fingerprint density at radius 3 is 3.00 bits per heavy atom. The molecule has 1 atom stereocenters. The minimum atomic E-state index is 0.0218. The molecule has 0 aliphatic heterocycles. The average molecular weight is 287 g/mol. The van der Waals surface area contributed by atoms with E-state index in [1.807, 2.05) is 24.3 Å². The van der Waals surface area contributed by atoms with E-state index in [2.05, 4.69) is 17.2 Å². The van der Waals surface area contributed by atoms with Crippen molar-refractivity contribution in [2.45, 2.75) is 26.2 Å². The van der Waals surface area contributed by atoms with Crippen molar-refractivity contribution in [2.24, 2.45) is 11.7 Å². The fourth-order valence-electron chi connectivity index (χ4n) is 2.14. The maximum Gasteiger partial charge on any atom is 0.224 e. The van der Waals surface area contributed by atoms with Gasteiger partial charge >= 0.3 is 0 Å². The minimum Gasteiger partial charge on any atom is -0.444 e. The van der Waals surface area contributed by atoms with E-state index in [9.17, 15) is 4.79 Å². The van der Waals surface area contributed by atoms with Crippen LogP contribution in [0.4, 0.5) is 5.69 Å². The van der Waals surface area contributed by atoms with Crippen LogP contribution >= 0.6 is 0 Å². The zero-order chi connectivity index (χ0) is 15.1. The van der Waals surface area contributed by atoms with Gasteiger partial charge in [0.05, 0.1) is 6.20 Å². The molecule has 0 saturated heterocycles. The van der Waals surface area contributed by atoms with E-state index >= 15 is 0 Å². The van der Waals surface area contributed by atoms with E-state index in [1.165, 1.54) is 6.39 Å². The third kappa shape index (κ3) is 4.72. The van der Waals surface area contributed by atoms with Crippen LogP contribution in [-0.4, -0.2) is 17.4 Å². The molecule has 0 aliphatic carbocycles. The van der Waals surface area contributed by atoms with Crippen LogP contribution in [0.15, 0.2) is 41.3 Å². The van der Waals surface area contributed by atoms with Gasteiger partial charge in [-0.15, -0.1) is 0 Å². The summed E-state index contributed by atoms with van der Waals surface area (Å²) in [5, 5.41) is 2.91. The van der Waals surface area contributed by atoms with E-state index in [1.54, 1.807) is 6.20 Å². The van der Waals surface area contributed by atoms with Gasteiger partial charge in [0.1, 0.15) is 0 Å². The lowest BCUT2D eigenvalue weighted by Gasteiger charge is -2.10. The predicted octanol–water partition coefficient (Wildman–Crippen LogP) is 3.05. The second-order valence-corrected chi connectivity index (χ2v) is 5.22. The van der Waals surface area contributed by atoms with E-state index in [0.29, 0.717) is 24.6 Å². The molecule has 1 amide bonds. The van der Waals surface area contributed by atoms with Crippen LogP contribution in [0.2, 0.25) is 0 Å². The summed E-state index contributed by atoms with van der Waals surface area (Å²) in [6, 6.07) is 7.53. The number of rotatable bonds is 7. The summed E-state index contributed by atoms with van der Waals surface area (Å²) in [4.78, 5) is 15.8. The van der Waals surface area contributed by atoms with Crippen LogP contribution in [0.25, 0.3) is 11.3 Å². The summed E-state index contributed by atoms with van der Waals surface area (Å²) in [5.41, 5.74) is 7.16. The highest BCUT2D eigenvalue weighted by Gasteiger charge is 2.08. The molecular formula is C16H21N3O2. The number of nitrogens with one attached hydrogen (secondary N) is 1. The molecule has 0 aliphatic rings. The number of hydrogen-bond donors (Lipinski definition) is 2.